The summed E-state index contributed by atoms with van der Waals surface area (Å²) in [5, 5.41) is 34.7. The Labute approximate surface area is 194 Å². The zero-order valence-corrected chi connectivity index (χ0v) is 18.3. The van der Waals surface area contributed by atoms with Crippen molar-refractivity contribution in [2.24, 2.45) is 11.5 Å². The summed E-state index contributed by atoms with van der Waals surface area (Å²) < 4.78 is 0. The van der Waals surface area contributed by atoms with Gasteiger partial charge in [0.2, 0.25) is 23.6 Å². The highest BCUT2D eigenvalue weighted by molar-refractivity contribution is 7.80. The number of hydrogen-bond acceptors (Lipinski definition) is 9. The highest BCUT2D eigenvalue weighted by Crippen LogP contribution is 2.12. The van der Waals surface area contributed by atoms with Crippen LogP contribution in [0.5, 0.6) is 5.75 Å². The average molecular weight is 486 g/mol. The number of aliphatic hydroxyl groups is 1. The van der Waals surface area contributed by atoms with E-state index in [0.29, 0.717) is 5.56 Å². The van der Waals surface area contributed by atoms with Gasteiger partial charge in [-0.1, -0.05) is 12.1 Å². The fraction of sp³-hybridized carbons (Fsp3) is 0.421. The zero-order valence-electron chi connectivity index (χ0n) is 17.4. The van der Waals surface area contributed by atoms with E-state index in [0.717, 1.165) is 0 Å². The first kappa shape index (κ1) is 27.7. The normalized spacial score (nSPS) is 14.3. The molecule has 0 aliphatic heterocycles. The number of thiol groups is 1. The van der Waals surface area contributed by atoms with E-state index in [4.69, 9.17) is 16.6 Å². The second-order valence-corrected chi connectivity index (χ2v) is 7.40. The topological polar surface area (TPSA) is 234 Å². The Morgan fingerprint density at radius 2 is 1.42 bits per heavy atom. The number of phenolic OH excluding ortho intramolecular Hbond substituents is 1. The van der Waals surface area contributed by atoms with Gasteiger partial charge in [-0.05, 0) is 17.7 Å². The molecular formula is C19H27N5O8S. The van der Waals surface area contributed by atoms with E-state index < -0.39 is 66.8 Å². The number of aliphatic hydroxyl groups excluding tert-OH is 1. The van der Waals surface area contributed by atoms with Crippen LogP contribution in [-0.4, -0.2) is 81.4 Å². The molecule has 4 unspecified atom stereocenters. The van der Waals surface area contributed by atoms with Gasteiger partial charge in [-0.3, -0.25) is 19.2 Å². The van der Waals surface area contributed by atoms with Gasteiger partial charge in [0, 0.05) is 12.2 Å². The zero-order chi connectivity index (χ0) is 25.1. The van der Waals surface area contributed by atoms with Crippen LogP contribution in [0.4, 0.5) is 0 Å². The first-order valence-corrected chi connectivity index (χ1v) is 10.3. The molecule has 1 aromatic carbocycles. The van der Waals surface area contributed by atoms with Gasteiger partial charge in [-0.25, -0.2) is 4.79 Å². The highest BCUT2D eigenvalue weighted by atomic mass is 32.1. The third-order valence-electron chi connectivity index (χ3n) is 4.38. The number of aliphatic carboxylic acids is 1. The summed E-state index contributed by atoms with van der Waals surface area (Å²) in [7, 11) is 0. The first-order chi connectivity index (χ1) is 15.5. The predicted molar refractivity (Wildman–Crippen MR) is 118 cm³/mol. The molecule has 1 aromatic rings. The third-order valence-corrected chi connectivity index (χ3v) is 4.74. The lowest BCUT2D eigenvalue weighted by molar-refractivity contribution is -0.141. The summed E-state index contributed by atoms with van der Waals surface area (Å²) in [6.45, 7) is -0.864. The number of aromatic hydroxyl groups is 1. The minimum Gasteiger partial charge on any atom is -0.508 e. The summed E-state index contributed by atoms with van der Waals surface area (Å²) >= 11 is 3.82. The van der Waals surface area contributed by atoms with E-state index >= 15 is 0 Å². The molecule has 33 heavy (non-hydrogen) atoms. The van der Waals surface area contributed by atoms with Gasteiger partial charge in [0.05, 0.1) is 19.1 Å². The minimum absolute atomic E-state index is 0.0264. The van der Waals surface area contributed by atoms with Gasteiger partial charge in [-0.15, -0.1) is 0 Å². The fourth-order valence-electron chi connectivity index (χ4n) is 2.59. The molecule has 0 saturated heterocycles. The molecule has 14 heteroatoms. The van der Waals surface area contributed by atoms with Crippen molar-refractivity contribution >= 4 is 42.2 Å². The minimum atomic E-state index is -1.53. The van der Waals surface area contributed by atoms with Crippen molar-refractivity contribution in [3.63, 3.8) is 0 Å². The van der Waals surface area contributed by atoms with Crippen molar-refractivity contribution in [3.8, 4) is 5.75 Å². The molecule has 0 heterocycles. The Hall–Kier alpha value is -3.36. The number of nitrogens with two attached hydrogens (primary N) is 2. The Balaban J connectivity index is 3.01. The summed E-state index contributed by atoms with van der Waals surface area (Å²) in [5.74, 6) is -5.18. The molecule has 0 bridgehead atoms. The monoisotopic (exact) mass is 485 g/mol. The van der Waals surface area contributed by atoms with Gasteiger partial charge in [0.15, 0.2) is 0 Å². The van der Waals surface area contributed by atoms with Crippen molar-refractivity contribution in [2.45, 2.75) is 37.0 Å². The first-order valence-electron chi connectivity index (χ1n) is 9.65. The SMILES string of the molecule is NC(=O)CC(N)C(=O)NC(Cc1ccc(O)cc1)C(=O)NC(CO)C(=O)NC(CS)C(=O)O. The molecule has 0 aliphatic rings. The Morgan fingerprint density at radius 3 is 1.91 bits per heavy atom. The number of hydrogen-bond donors (Lipinski definition) is 9. The van der Waals surface area contributed by atoms with Crippen LogP contribution in [0.1, 0.15) is 12.0 Å². The molecular weight excluding hydrogens is 458 g/mol. The number of benzene rings is 1. The molecule has 0 aliphatic carbocycles. The van der Waals surface area contributed by atoms with Crippen molar-refractivity contribution < 1.29 is 39.3 Å². The summed E-state index contributed by atoms with van der Waals surface area (Å²) in [4.78, 5) is 59.5. The lowest BCUT2D eigenvalue weighted by atomic mass is 10.0. The molecule has 0 fully saturated rings. The number of rotatable bonds is 13. The number of carbonyl (C=O) groups is 5. The van der Waals surface area contributed by atoms with Crippen LogP contribution < -0.4 is 27.4 Å². The predicted octanol–water partition coefficient (Wildman–Crippen LogP) is -3.40. The lowest BCUT2D eigenvalue weighted by Crippen LogP contribution is -2.58. The highest BCUT2D eigenvalue weighted by Gasteiger charge is 2.30. The fourth-order valence-corrected chi connectivity index (χ4v) is 2.84. The molecule has 10 N–H and O–H groups in total. The smallest absolute Gasteiger partial charge is 0.327 e. The Morgan fingerprint density at radius 1 is 0.909 bits per heavy atom. The number of carboxylic acid groups (broad SMARTS) is 1. The number of carboxylic acids is 1. The van der Waals surface area contributed by atoms with Gasteiger partial charge >= 0.3 is 5.97 Å². The maximum atomic E-state index is 12.8. The maximum Gasteiger partial charge on any atom is 0.327 e. The van der Waals surface area contributed by atoms with E-state index in [-0.39, 0.29) is 17.9 Å². The Kier molecular flexibility index (Phi) is 11.1. The number of phenols is 1. The van der Waals surface area contributed by atoms with Crippen LogP contribution in [0.25, 0.3) is 0 Å². The van der Waals surface area contributed by atoms with Crippen LogP contribution in [0.15, 0.2) is 24.3 Å². The van der Waals surface area contributed by atoms with Crippen molar-refractivity contribution in [1.29, 1.82) is 0 Å². The molecule has 4 amide bonds. The summed E-state index contributed by atoms with van der Waals surface area (Å²) in [5.41, 5.74) is 11.2. The van der Waals surface area contributed by atoms with Crippen molar-refractivity contribution in [3.05, 3.63) is 29.8 Å². The number of carbonyl (C=O) groups excluding carboxylic acids is 4. The number of primary amides is 1. The van der Waals surface area contributed by atoms with Crippen LogP contribution >= 0.6 is 12.6 Å². The molecule has 0 radical (unpaired) electrons. The lowest BCUT2D eigenvalue weighted by Gasteiger charge is -2.24. The van der Waals surface area contributed by atoms with Crippen molar-refractivity contribution in [2.75, 3.05) is 12.4 Å². The van der Waals surface area contributed by atoms with Gasteiger partial charge < -0.3 is 42.7 Å². The van der Waals surface area contributed by atoms with E-state index in [1.54, 1.807) is 0 Å². The van der Waals surface area contributed by atoms with Gasteiger partial charge in [0.1, 0.15) is 23.9 Å². The molecule has 0 aromatic heterocycles. The average Bonchev–Trinajstić information content (AvgIpc) is 2.75. The second-order valence-electron chi connectivity index (χ2n) is 7.03. The Bertz CT molecular complexity index is 866. The van der Waals surface area contributed by atoms with Gasteiger partial charge in [0.25, 0.3) is 0 Å². The summed E-state index contributed by atoms with van der Waals surface area (Å²) in [6, 6.07) is 0.182. The van der Waals surface area contributed by atoms with Crippen molar-refractivity contribution in [1.82, 2.24) is 16.0 Å². The van der Waals surface area contributed by atoms with Crippen LogP contribution in [-0.2, 0) is 30.4 Å². The molecule has 182 valence electrons. The molecule has 0 spiro atoms. The van der Waals surface area contributed by atoms with Crippen LogP contribution in [0.2, 0.25) is 0 Å². The van der Waals surface area contributed by atoms with E-state index in [2.05, 4.69) is 28.6 Å². The maximum absolute atomic E-state index is 12.8. The molecule has 4 atom stereocenters. The van der Waals surface area contributed by atoms with E-state index in [9.17, 15) is 34.2 Å². The quantitative estimate of drug-likeness (QED) is 0.126. The van der Waals surface area contributed by atoms with Gasteiger partial charge in [-0.2, -0.15) is 12.6 Å². The second kappa shape index (κ2) is 13.2. The number of amides is 4. The number of nitrogens with one attached hydrogen (secondary N) is 3. The standard InChI is InChI=1S/C19H27N5O8S/c20-11(6-15(21)27)16(28)22-12(5-9-1-3-10(26)4-2-9)17(29)23-13(7-25)18(30)24-14(8-33)19(31)32/h1-4,11-14,25-26,33H,5-8,20H2,(H2,21,27)(H,22,28)(H,23,29)(H,24,30)(H,31,32). The molecule has 13 nitrogen and oxygen atoms in total. The summed E-state index contributed by atoms with van der Waals surface area (Å²) in [6.07, 6.45) is -0.573. The van der Waals surface area contributed by atoms with Crippen LogP contribution in [0, 0.1) is 0 Å². The molecule has 1 rings (SSSR count). The third kappa shape index (κ3) is 9.34. The van der Waals surface area contributed by atoms with Crippen LogP contribution in [0.3, 0.4) is 0 Å². The van der Waals surface area contributed by atoms with E-state index in [1.165, 1.54) is 24.3 Å². The van der Waals surface area contributed by atoms with E-state index in [1.807, 2.05) is 0 Å². The largest absolute Gasteiger partial charge is 0.508 e. The molecule has 0 saturated carbocycles.